The zero-order chi connectivity index (χ0) is 44.7. The van der Waals surface area contributed by atoms with E-state index in [4.69, 9.17) is 0 Å². The Kier molecular flexibility index (Phi) is 13.0. The number of benzene rings is 10. The van der Waals surface area contributed by atoms with Gasteiger partial charge < -0.3 is 0 Å². The molecule has 0 N–H and O–H groups in total. The molecule has 0 amide bonds. The zero-order valence-corrected chi connectivity index (χ0v) is 40.9. The first-order valence-corrected chi connectivity index (χ1v) is 28.1. The molecule has 0 aliphatic carbocycles. The minimum absolute atomic E-state index is 1.15. The number of hydrogen-bond donors (Lipinski definition) is 0. The van der Waals surface area contributed by atoms with Crippen molar-refractivity contribution in [3.63, 3.8) is 0 Å². The number of aryl methyl sites for hydroxylation is 2. The summed E-state index contributed by atoms with van der Waals surface area (Å²) in [5.41, 5.74) is 11.9. The molecule has 0 fully saturated rings. The fourth-order valence-electron chi connectivity index (χ4n) is 8.74. The van der Waals surface area contributed by atoms with Gasteiger partial charge >= 0.3 is 402 Å². The molecule has 0 bridgehead atoms. The summed E-state index contributed by atoms with van der Waals surface area (Å²) in [6.45, 7) is 4.31. The van der Waals surface area contributed by atoms with Crippen molar-refractivity contribution in [3.8, 4) is 11.1 Å². The van der Waals surface area contributed by atoms with Crippen LogP contribution in [0.25, 0.3) is 11.1 Å². The predicted octanol–water partition coefficient (Wildman–Crippen LogP) is 11.9. The quantitative estimate of drug-likeness (QED) is 0.106. The van der Waals surface area contributed by atoms with E-state index in [-0.39, 0.29) is 0 Å². The van der Waals surface area contributed by atoms with E-state index < -0.39 is 29.3 Å². The van der Waals surface area contributed by atoms with E-state index in [2.05, 4.69) is 291 Å². The number of hydrogen-bond acceptors (Lipinski definition) is 2. The summed E-state index contributed by atoms with van der Waals surface area (Å²) >= 11 is -3.76. The molecule has 0 aromatic heterocycles. The van der Waals surface area contributed by atoms with Crippen molar-refractivity contribution in [3.05, 3.63) is 278 Å². The van der Waals surface area contributed by atoms with Gasteiger partial charge in [-0.15, -0.1) is 0 Å². The van der Waals surface area contributed by atoms with Crippen LogP contribution >= 0.6 is 0 Å². The number of nitrogens with zero attached hydrogens (tertiary/aromatic N) is 2. The first kappa shape index (κ1) is 42.8. The van der Waals surface area contributed by atoms with Crippen molar-refractivity contribution < 1.29 is 0 Å². The Hall–Kier alpha value is -7.08. The second-order valence-electron chi connectivity index (χ2n) is 16.5. The van der Waals surface area contributed by atoms with Gasteiger partial charge in [-0.05, 0) is 0 Å². The summed E-state index contributed by atoms with van der Waals surface area (Å²) in [7, 11) is 0. The van der Waals surface area contributed by atoms with Crippen molar-refractivity contribution in [2.24, 2.45) is 0 Å². The summed E-state index contributed by atoms with van der Waals surface area (Å²) in [4.78, 5) is 4.70. The van der Waals surface area contributed by atoms with E-state index in [9.17, 15) is 0 Å². The van der Waals surface area contributed by atoms with E-state index in [1.54, 1.807) is 0 Å². The Bertz CT molecular complexity index is 2910. The predicted molar refractivity (Wildman–Crippen MR) is 286 cm³/mol. The molecule has 10 rings (SSSR count). The van der Waals surface area contributed by atoms with Gasteiger partial charge in [-0.1, -0.05) is 0 Å². The second-order valence-corrected chi connectivity index (χ2v) is 25.8. The number of rotatable bonds is 13. The Balaban J connectivity index is 0.934. The Morgan fingerprint density at radius 2 is 0.485 bits per heavy atom. The molecule has 0 aliphatic rings. The number of anilines is 6. The Labute approximate surface area is 399 Å². The van der Waals surface area contributed by atoms with Crippen molar-refractivity contribution in [2.45, 2.75) is 13.8 Å². The second kappa shape index (κ2) is 20.0. The molecule has 2 nitrogen and oxygen atoms in total. The van der Waals surface area contributed by atoms with Crippen LogP contribution in [0.3, 0.4) is 0 Å². The molecule has 318 valence electrons. The van der Waals surface area contributed by atoms with Gasteiger partial charge in [-0.25, -0.2) is 0 Å². The van der Waals surface area contributed by atoms with E-state index in [1.165, 1.54) is 48.4 Å². The molecule has 0 aliphatic heterocycles. The van der Waals surface area contributed by atoms with Crippen molar-refractivity contribution in [2.75, 3.05) is 9.80 Å². The summed E-state index contributed by atoms with van der Waals surface area (Å²) in [6.07, 6.45) is 0. The first-order valence-electron chi connectivity index (χ1n) is 22.5. The maximum atomic E-state index is 2.38. The molecule has 0 saturated carbocycles. The van der Waals surface area contributed by atoms with E-state index in [0.717, 1.165) is 34.1 Å². The normalized spacial score (nSPS) is 12.0. The van der Waals surface area contributed by atoms with Gasteiger partial charge in [0.2, 0.25) is 0 Å². The van der Waals surface area contributed by atoms with Crippen LogP contribution in [0.2, 0.25) is 0 Å². The topological polar surface area (TPSA) is 6.48 Å². The third-order valence-electron chi connectivity index (χ3n) is 11.9. The van der Waals surface area contributed by atoms with Crippen LogP contribution in [0.4, 0.5) is 34.1 Å². The first-order chi connectivity index (χ1) is 32.6. The molecule has 0 radical (unpaired) electrons. The fraction of sp³-hybridized carbons (Fsp3) is 0.0323. The van der Waals surface area contributed by atoms with Gasteiger partial charge in [0.05, 0.1) is 0 Å². The SMILES string of the molecule is Cc1cccc(N(c2ccccc2)c2ccc([As](c3ccccc3)c3ccc(-c4ccc([As](c5ccccc5)c5ccc(N(c6ccccc6)c6cccc(C)c6)cc5)cc4)cc3)cc2)c1. The molecule has 2 atom stereocenters. The Morgan fingerprint density at radius 1 is 0.227 bits per heavy atom. The number of para-hydroxylation sites is 2. The maximum absolute atomic E-state index is 2.38. The molecule has 0 spiro atoms. The van der Waals surface area contributed by atoms with Gasteiger partial charge in [0.1, 0.15) is 0 Å². The van der Waals surface area contributed by atoms with Crippen molar-refractivity contribution in [1.82, 2.24) is 0 Å². The summed E-state index contributed by atoms with van der Waals surface area (Å²) < 4.78 is 8.46. The van der Waals surface area contributed by atoms with E-state index in [1.807, 2.05) is 0 Å². The standard InChI is InChI=1S/C62H50As2N2/c1-47-17-15-27-61(45-47)65(57-23-11-5-12-24-57)59-41-37-55(38-42-59)63(51-19-7-3-8-20-51)53-33-29-49(30-34-53)50-31-35-54(36-32-50)64(52-21-9-4-10-22-52)56-39-43-60(44-40-56)66(58-25-13-6-14-26-58)62-28-16-18-48(2)46-62/h3-46H,1-2H3. The van der Waals surface area contributed by atoms with Crippen LogP contribution in [0.1, 0.15) is 11.1 Å². The summed E-state index contributed by atoms with van der Waals surface area (Å²) in [6, 6.07) is 98.6. The van der Waals surface area contributed by atoms with E-state index in [0.29, 0.717) is 0 Å². The third kappa shape index (κ3) is 9.49. The molecule has 10 aromatic rings. The van der Waals surface area contributed by atoms with Gasteiger partial charge in [0.15, 0.2) is 0 Å². The molecule has 0 heterocycles. The van der Waals surface area contributed by atoms with E-state index >= 15 is 0 Å². The molecule has 0 saturated heterocycles. The molecule has 2 unspecified atom stereocenters. The van der Waals surface area contributed by atoms with Crippen LogP contribution in [-0.2, 0) is 0 Å². The third-order valence-corrected chi connectivity index (χ3v) is 22.1. The molecule has 10 aromatic carbocycles. The van der Waals surface area contributed by atoms with Crippen molar-refractivity contribution in [1.29, 1.82) is 0 Å². The average Bonchev–Trinajstić information content (AvgIpc) is 3.37. The van der Waals surface area contributed by atoms with Crippen molar-refractivity contribution >= 4 is 89.5 Å². The van der Waals surface area contributed by atoms with Crippen LogP contribution < -0.4 is 35.9 Å². The van der Waals surface area contributed by atoms with Crippen LogP contribution in [0, 0.1) is 13.8 Å². The zero-order valence-electron chi connectivity index (χ0n) is 37.2. The van der Waals surface area contributed by atoms with Gasteiger partial charge in [-0.2, -0.15) is 0 Å². The molecular formula is C62H50As2N2. The fourth-order valence-corrected chi connectivity index (χ4v) is 18.2. The van der Waals surface area contributed by atoms with Gasteiger partial charge in [0.25, 0.3) is 0 Å². The molecule has 4 heteroatoms. The van der Waals surface area contributed by atoms with Crippen LogP contribution in [0.5, 0.6) is 0 Å². The monoisotopic (exact) mass is 972 g/mol. The average molecular weight is 973 g/mol. The van der Waals surface area contributed by atoms with Gasteiger partial charge in [-0.3, -0.25) is 0 Å². The van der Waals surface area contributed by atoms with Gasteiger partial charge in [0, 0.05) is 0 Å². The molecule has 66 heavy (non-hydrogen) atoms. The Morgan fingerprint density at radius 3 is 0.803 bits per heavy atom. The minimum atomic E-state index is -1.88. The summed E-state index contributed by atoms with van der Waals surface area (Å²) in [5.74, 6) is 0. The molecular weight excluding hydrogens is 923 g/mol. The van der Waals surface area contributed by atoms with Crippen LogP contribution in [0.15, 0.2) is 267 Å². The van der Waals surface area contributed by atoms with Crippen LogP contribution in [-0.4, -0.2) is 29.3 Å². The summed E-state index contributed by atoms with van der Waals surface area (Å²) in [5, 5.41) is 0.